The molecule has 0 fully saturated rings. The number of aromatic nitrogens is 4. The predicted octanol–water partition coefficient (Wildman–Crippen LogP) is 2.31. The minimum Gasteiger partial charge on any atom is -0.455 e. The van der Waals surface area contributed by atoms with Gasteiger partial charge in [0.2, 0.25) is 0 Å². The van der Waals surface area contributed by atoms with Crippen LogP contribution in [0, 0.1) is 6.92 Å². The fraction of sp³-hybridized carbons (Fsp3) is 0.333. The molecule has 0 aliphatic rings. The van der Waals surface area contributed by atoms with Crippen LogP contribution >= 0.6 is 0 Å². The van der Waals surface area contributed by atoms with Gasteiger partial charge in [-0.05, 0) is 39.3 Å². The van der Waals surface area contributed by atoms with E-state index in [1.165, 1.54) is 16.7 Å². The number of nitrogens with zero attached hydrogens (tertiary/aromatic N) is 4. The van der Waals surface area contributed by atoms with Crippen LogP contribution in [0.3, 0.4) is 0 Å². The highest BCUT2D eigenvalue weighted by atomic mass is 16.5. The molecular weight excluding hydrogens is 320 g/mol. The predicted molar refractivity (Wildman–Crippen MR) is 92.5 cm³/mol. The molecule has 0 saturated heterocycles. The van der Waals surface area contributed by atoms with Gasteiger partial charge in [0.1, 0.15) is 12.3 Å². The Balaban J connectivity index is 1.76. The van der Waals surface area contributed by atoms with Crippen molar-refractivity contribution in [2.24, 2.45) is 0 Å². The molecule has 3 aromatic rings. The van der Waals surface area contributed by atoms with Crippen molar-refractivity contribution in [3.63, 3.8) is 0 Å². The lowest BCUT2D eigenvalue weighted by Gasteiger charge is -2.18. The molecular formula is C18H20N4O3. The fourth-order valence-electron chi connectivity index (χ4n) is 2.35. The second-order valence-corrected chi connectivity index (χ2v) is 6.94. The molecule has 25 heavy (non-hydrogen) atoms. The minimum atomic E-state index is -0.499. The van der Waals surface area contributed by atoms with Crippen molar-refractivity contribution in [2.75, 3.05) is 0 Å². The summed E-state index contributed by atoms with van der Waals surface area (Å²) in [5, 5.41) is 4.17. The van der Waals surface area contributed by atoms with E-state index >= 15 is 0 Å². The minimum absolute atomic E-state index is 0.0703. The molecule has 0 amide bonds. The molecule has 7 nitrogen and oxygen atoms in total. The maximum absolute atomic E-state index is 12.2. The van der Waals surface area contributed by atoms with Crippen LogP contribution in [0.1, 0.15) is 42.4 Å². The van der Waals surface area contributed by atoms with Crippen molar-refractivity contribution in [2.45, 2.75) is 39.8 Å². The lowest BCUT2D eigenvalue weighted by atomic mass is 10.1. The first kappa shape index (κ1) is 16.9. The summed E-state index contributed by atoms with van der Waals surface area (Å²) in [6, 6.07) is 5.01. The van der Waals surface area contributed by atoms with Crippen LogP contribution in [0.4, 0.5) is 0 Å². The zero-order valence-corrected chi connectivity index (χ0v) is 14.7. The van der Waals surface area contributed by atoms with Crippen LogP contribution in [0.2, 0.25) is 0 Å². The molecule has 130 valence electrons. The molecule has 0 radical (unpaired) electrons. The van der Waals surface area contributed by atoms with E-state index in [2.05, 4.69) is 10.1 Å². The maximum atomic E-state index is 12.2. The first-order chi connectivity index (χ1) is 11.7. The summed E-state index contributed by atoms with van der Waals surface area (Å²) >= 11 is 0. The Morgan fingerprint density at radius 1 is 1.24 bits per heavy atom. The third-order valence-electron chi connectivity index (χ3n) is 3.72. The van der Waals surface area contributed by atoms with Crippen LogP contribution < -0.4 is 5.56 Å². The molecule has 0 aromatic carbocycles. The summed E-state index contributed by atoms with van der Waals surface area (Å²) in [6.07, 6.45) is 4.84. The van der Waals surface area contributed by atoms with Gasteiger partial charge >= 0.3 is 5.97 Å². The smallest absolute Gasteiger partial charge is 0.341 e. The number of esters is 1. The van der Waals surface area contributed by atoms with Gasteiger partial charge in [-0.2, -0.15) is 5.10 Å². The molecule has 7 heteroatoms. The highest BCUT2D eigenvalue weighted by Crippen LogP contribution is 2.14. The third-order valence-corrected chi connectivity index (χ3v) is 3.72. The van der Waals surface area contributed by atoms with Crippen molar-refractivity contribution < 1.29 is 9.53 Å². The average Bonchev–Trinajstić information content (AvgIpc) is 3.03. The topological polar surface area (TPSA) is 78.5 Å². The SMILES string of the molecule is Cc1ccc2nc(COC(=O)c3cnn(C(C)(C)C)c3)cc(=O)n2c1. The largest absolute Gasteiger partial charge is 0.455 e. The Labute approximate surface area is 144 Å². The van der Waals surface area contributed by atoms with Gasteiger partial charge in [-0.1, -0.05) is 6.07 Å². The normalized spacial score (nSPS) is 11.7. The van der Waals surface area contributed by atoms with Gasteiger partial charge in [-0.15, -0.1) is 0 Å². The van der Waals surface area contributed by atoms with E-state index in [0.29, 0.717) is 16.9 Å². The maximum Gasteiger partial charge on any atom is 0.341 e. The molecule has 0 N–H and O–H groups in total. The Morgan fingerprint density at radius 2 is 2.00 bits per heavy atom. The molecule has 0 bridgehead atoms. The van der Waals surface area contributed by atoms with Gasteiger partial charge in [-0.25, -0.2) is 9.78 Å². The monoisotopic (exact) mass is 340 g/mol. The molecule has 3 aromatic heterocycles. The van der Waals surface area contributed by atoms with Crippen LogP contribution in [-0.2, 0) is 16.9 Å². The van der Waals surface area contributed by atoms with E-state index < -0.39 is 5.97 Å². The van der Waals surface area contributed by atoms with Gasteiger partial charge in [0.15, 0.2) is 0 Å². The first-order valence-electron chi connectivity index (χ1n) is 7.95. The number of carbonyl (C=O) groups is 1. The number of carbonyl (C=O) groups excluding carboxylic acids is 1. The number of hydrogen-bond donors (Lipinski definition) is 0. The third kappa shape index (κ3) is 3.60. The summed E-state index contributed by atoms with van der Waals surface area (Å²) in [5.74, 6) is -0.499. The quantitative estimate of drug-likeness (QED) is 0.684. The molecule has 0 atom stereocenters. The Bertz CT molecular complexity index is 995. The van der Waals surface area contributed by atoms with E-state index in [1.54, 1.807) is 23.1 Å². The fourth-order valence-corrected chi connectivity index (χ4v) is 2.35. The van der Waals surface area contributed by atoms with E-state index in [0.717, 1.165) is 5.56 Å². The molecule has 3 heterocycles. The summed E-state index contributed by atoms with van der Waals surface area (Å²) in [6.45, 7) is 7.80. The van der Waals surface area contributed by atoms with Gasteiger partial charge in [0.05, 0.1) is 23.0 Å². The number of fused-ring (bicyclic) bond motifs is 1. The number of pyridine rings is 1. The number of aryl methyl sites for hydroxylation is 1. The molecule has 0 unspecified atom stereocenters. The van der Waals surface area contributed by atoms with E-state index in [4.69, 9.17) is 4.74 Å². The second-order valence-electron chi connectivity index (χ2n) is 6.94. The summed E-state index contributed by atoms with van der Waals surface area (Å²) < 4.78 is 8.43. The number of hydrogen-bond acceptors (Lipinski definition) is 5. The van der Waals surface area contributed by atoms with Crippen molar-refractivity contribution >= 4 is 11.6 Å². The van der Waals surface area contributed by atoms with Gasteiger partial charge in [-0.3, -0.25) is 13.9 Å². The standard InChI is InChI=1S/C18H20N4O3/c1-12-5-6-15-20-14(7-16(23)21(15)9-12)11-25-17(24)13-8-19-22(10-13)18(2,3)4/h5-10H,11H2,1-4H3. The summed E-state index contributed by atoms with van der Waals surface area (Å²) in [7, 11) is 0. The van der Waals surface area contributed by atoms with E-state index in [1.807, 2.05) is 33.8 Å². The molecule has 0 aliphatic heterocycles. The van der Waals surface area contributed by atoms with Gasteiger partial charge in [0.25, 0.3) is 5.56 Å². The Morgan fingerprint density at radius 3 is 2.68 bits per heavy atom. The number of rotatable bonds is 3. The molecule has 0 aliphatic carbocycles. The summed E-state index contributed by atoms with van der Waals surface area (Å²) in [5.41, 5.74) is 1.83. The first-order valence-corrected chi connectivity index (χ1v) is 7.95. The molecule has 0 spiro atoms. The van der Waals surface area contributed by atoms with E-state index in [9.17, 15) is 9.59 Å². The zero-order valence-electron chi connectivity index (χ0n) is 14.7. The zero-order chi connectivity index (χ0) is 18.2. The molecule has 0 saturated carbocycles. The van der Waals surface area contributed by atoms with Crippen molar-refractivity contribution in [3.05, 3.63) is 64.0 Å². The van der Waals surface area contributed by atoms with Crippen molar-refractivity contribution in [1.29, 1.82) is 0 Å². The Kier molecular flexibility index (Phi) is 4.16. The van der Waals surface area contributed by atoms with Crippen LogP contribution in [0.25, 0.3) is 5.65 Å². The van der Waals surface area contributed by atoms with E-state index in [-0.39, 0.29) is 17.7 Å². The van der Waals surface area contributed by atoms with Crippen LogP contribution in [0.15, 0.2) is 41.6 Å². The average molecular weight is 340 g/mol. The lowest BCUT2D eigenvalue weighted by Crippen LogP contribution is -2.22. The van der Waals surface area contributed by atoms with Crippen LogP contribution in [0.5, 0.6) is 0 Å². The van der Waals surface area contributed by atoms with Gasteiger partial charge < -0.3 is 4.74 Å². The van der Waals surface area contributed by atoms with Gasteiger partial charge in [0, 0.05) is 18.5 Å². The summed E-state index contributed by atoms with van der Waals surface area (Å²) in [4.78, 5) is 28.7. The highest BCUT2D eigenvalue weighted by molar-refractivity contribution is 5.88. The van der Waals surface area contributed by atoms with Crippen molar-refractivity contribution in [1.82, 2.24) is 19.2 Å². The number of ether oxygens (including phenoxy) is 1. The van der Waals surface area contributed by atoms with Crippen molar-refractivity contribution in [3.8, 4) is 0 Å². The second kappa shape index (κ2) is 6.16. The lowest BCUT2D eigenvalue weighted by molar-refractivity contribution is 0.0467. The highest BCUT2D eigenvalue weighted by Gasteiger charge is 2.17. The van der Waals surface area contributed by atoms with Crippen LogP contribution in [-0.4, -0.2) is 25.1 Å². The Hall–Kier alpha value is -2.96. The molecule has 3 rings (SSSR count).